The van der Waals surface area contributed by atoms with Gasteiger partial charge in [0.2, 0.25) is 5.91 Å². The fraction of sp³-hybridized carbons (Fsp3) is 0.0667. The van der Waals surface area contributed by atoms with E-state index in [0.717, 1.165) is 6.07 Å². The van der Waals surface area contributed by atoms with Crippen molar-refractivity contribution in [3.63, 3.8) is 0 Å². The second kappa shape index (κ2) is 6.53. The number of aromatic carboxylic acids is 1. The number of hydrogen-bond acceptors (Lipinski definition) is 2. The van der Waals surface area contributed by atoms with Gasteiger partial charge in [0.25, 0.3) is 0 Å². The monoisotopic (exact) mass is 325 g/mol. The molecule has 0 unspecified atom stereocenters. The van der Waals surface area contributed by atoms with E-state index < -0.39 is 23.5 Å². The van der Waals surface area contributed by atoms with Crippen LogP contribution in [0.25, 0.3) is 0 Å². The maximum atomic E-state index is 13.5. The van der Waals surface area contributed by atoms with Crippen molar-refractivity contribution in [3.05, 3.63) is 64.2 Å². The summed E-state index contributed by atoms with van der Waals surface area (Å²) in [7, 11) is 0. The van der Waals surface area contributed by atoms with Gasteiger partial charge < -0.3 is 10.4 Å². The van der Waals surface area contributed by atoms with E-state index in [0.29, 0.717) is 6.07 Å². The molecule has 0 aliphatic rings. The van der Waals surface area contributed by atoms with E-state index in [4.69, 9.17) is 16.7 Å². The number of anilines is 1. The average molecular weight is 326 g/mol. The maximum Gasteiger partial charge on any atom is 0.337 e. The highest BCUT2D eigenvalue weighted by atomic mass is 35.5. The highest BCUT2D eigenvalue weighted by Crippen LogP contribution is 2.21. The zero-order chi connectivity index (χ0) is 16.3. The number of hydrogen-bond donors (Lipinski definition) is 2. The van der Waals surface area contributed by atoms with Crippen LogP contribution in [-0.2, 0) is 11.2 Å². The van der Waals surface area contributed by atoms with E-state index in [9.17, 15) is 18.4 Å². The number of carboxylic acid groups (broad SMARTS) is 1. The van der Waals surface area contributed by atoms with Gasteiger partial charge in [0.1, 0.15) is 11.6 Å². The fourth-order valence-electron chi connectivity index (χ4n) is 1.81. The fourth-order valence-corrected chi connectivity index (χ4v) is 2.01. The third-order valence-electron chi connectivity index (χ3n) is 2.85. The molecule has 7 heteroatoms. The first-order chi connectivity index (χ1) is 10.4. The van der Waals surface area contributed by atoms with E-state index in [2.05, 4.69) is 5.32 Å². The molecular weight excluding hydrogens is 316 g/mol. The highest BCUT2D eigenvalue weighted by Gasteiger charge is 2.12. The van der Waals surface area contributed by atoms with E-state index in [1.54, 1.807) is 0 Å². The summed E-state index contributed by atoms with van der Waals surface area (Å²) in [6.45, 7) is 0. The molecule has 2 aromatic rings. The first-order valence-electron chi connectivity index (χ1n) is 6.13. The van der Waals surface area contributed by atoms with Gasteiger partial charge in [0.05, 0.1) is 17.0 Å². The largest absolute Gasteiger partial charge is 0.478 e. The molecule has 1 amide bonds. The Morgan fingerprint density at radius 3 is 2.50 bits per heavy atom. The summed E-state index contributed by atoms with van der Waals surface area (Å²) < 4.78 is 26.2. The van der Waals surface area contributed by atoms with Crippen molar-refractivity contribution in [2.75, 3.05) is 5.32 Å². The zero-order valence-corrected chi connectivity index (χ0v) is 11.8. The van der Waals surface area contributed by atoms with E-state index in [1.807, 2.05) is 0 Å². The zero-order valence-electron chi connectivity index (χ0n) is 11.1. The molecule has 0 radical (unpaired) electrons. The summed E-state index contributed by atoms with van der Waals surface area (Å²) in [6, 6.07) is 6.87. The van der Waals surface area contributed by atoms with Gasteiger partial charge in [-0.25, -0.2) is 13.6 Å². The molecule has 2 rings (SSSR count). The molecule has 0 aliphatic heterocycles. The minimum absolute atomic E-state index is 0.0336. The van der Waals surface area contributed by atoms with Gasteiger partial charge in [-0.05, 0) is 29.8 Å². The molecule has 0 spiro atoms. The molecular formula is C15H10ClF2NO3. The van der Waals surface area contributed by atoms with Crippen LogP contribution in [-0.4, -0.2) is 17.0 Å². The van der Waals surface area contributed by atoms with Crippen LogP contribution in [0.15, 0.2) is 36.4 Å². The van der Waals surface area contributed by atoms with Crippen LogP contribution in [0.4, 0.5) is 14.5 Å². The smallest absolute Gasteiger partial charge is 0.337 e. The number of benzene rings is 2. The lowest BCUT2D eigenvalue weighted by Gasteiger charge is -2.08. The molecule has 4 nitrogen and oxygen atoms in total. The summed E-state index contributed by atoms with van der Waals surface area (Å²) >= 11 is 5.71. The number of amides is 1. The Morgan fingerprint density at radius 2 is 1.86 bits per heavy atom. The van der Waals surface area contributed by atoms with Crippen molar-refractivity contribution in [3.8, 4) is 0 Å². The minimum Gasteiger partial charge on any atom is -0.478 e. The lowest BCUT2D eigenvalue weighted by molar-refractivity contribution is -0.115. The molecule has 0 atom stereocenters. The van der Waals surface area contributed by atoms with Crippen LogP contribution < -0.4 is 5.32 Å². The number of nitrogens with one attached hydrogen (secondary N) is 1. The molecule has 0 fully saturated rings. The quantitative estimate of drug-likeness (QED) is 0.904. The first-order valence-corrected chi connectivity index (χ1v) is 6.51. The van der Waals surface area contributed by atoms with E-state index >= 15 is 0 Å². The van der Waals surface area contributed by atoms with Gasteiger partial charge in [-0.1, -0.05) is 17.7 Å². The van der Waals surface area contributed by atoms with Crippen LogP contribution >= 0.6 is 11.6 Å². The summed E-state index contributed by atoms with van der Waals surface area (Å²) in [5, 5.41) is 11.4. The number of carboxylic acids is 1. The number of carbonyl (C=O) groups is 2. The van der Waals surface area contributed by atoms with E-state index in [1.165, 1.54) is 24.3 Å². The van der Waals surface area contributed by atoms with Crippen molar-refractivity contribution in [2.45, 2.75) is 6.42 Å². The predicted octanol–water partition coefficient (Wildman–Crippen LogP) is 3.50. The molecule has 0 aliphatic carbocycles. The standard InChI is InChI=1S/C15H10ClF2NO3/c16-12-4-3-10(7-11(12)15(21)22)19-14(20)5-8-1-2-9(17)6-13(8)18/h1-4,6-7H,5H2,(H,19,20)(H,21,22). The summed E-state index contributed by atoms with van der Waals surface area (Å²) in [6.07, 6.45) is -0.308. The Morgan fingerprint density at radius 1 is 1.14 bits per heavy atom. The molecule has 2 aromatic carbocycles. The van der Waals surface area contributed by atoms with Gasteiger partial charge in [-0.2, -0.15) is 0 Å². The average Bonchev–Trinajstić information content (AvgIpc) is 2.44. The lowest BCUT2D eigenvalue weighted by Crippen LogP contribution is -2.15. The SMILES string of the molecule is O=C(Cc1ccc(F)cc1F)Nc1ccc(Cl)c(C(=O)O)c1. The molecule has 0 bridgehead atoms. The van der Waals surface area contributed by atoms with Gasteiger partial charge in [0, 0.05) is 11.8 Å². The molecule has 2 N–H and O–H groups in total. The van der Waals surface area contributed by atoms with Crippen molar-refractivity contribution in [1.29, 1.82) is 0 Å². The Hall–Kier alpha value is -2.47. The van der Waals surface area contributed by atoms with Crippen LogP contribution in [0, 0.1) is 11.6 Å². The summed E-state index contributed by atoms with van der Waals surface area (Å²) in [4.78, 5) is 22.8. The Labute approximate surface area is 129 Å². The Bertz CT molecular complexity index is 750. The molecule has 0 aromatic heterocycles. The van der Waals surface area contributed by atoms with Gasteiger partial charge in [-0.15, -0.1) is 0 Å². The second-order valence-electron chi connectivity index (χ2n) is 4.46. The van der Waals surface area contributed by atoms with Crippen molar-refractivity contribution < 1.29 is 23.5 Å². The van der Waals surface area contributed by atoms with Gasteiger partial charge in [-0.3, -0.25) is 4.79 Å². The Balaban J connectivity index is 2.12. The highest BCUT2D eigenvalue weighted by molar-refractivity contribution is 6.33. The van der Waals surface area contributed by atoms with Crippen molar-refractivity contribution in [2.24, 2.45) is 0 Å². The Kier molecular flexibility index (Phi) is 4.72. The minimum atomic E-state index is -1.23. The molecule has 22 heavy (non-hydrogen) atoms. The number of carbonyl (C=O) groups excluding carboxylic acids is 1. The molecule has 0 saturated heterocycles. The molecule has 114 valence electrons. The van der Waals surface area contributed by atoms with E-state index in [-0.39, 0.29) is 28.3 Å². The van der Waals surface area contributed by atoms with Crippen LogP contribution in [0.5, 0.6) is 0 Å². The van der Waals surface area contributed by atoms with Crippen LogP contribution in [0.1, 0.15) is 15.9 Å². The van der Waals surface area contributed by atoms with Crippen molar-refractivity contribution in [1.82, 2.24) is 0 Å². The third kappa shape index (κ3) is 3.79. The number of rotatable bonds is 4. The molecule has 0 saturated carbocycles. The lowest BCUT2D eigenvalue weighted by atomic mass is 10.1. The third-order valence-corrected chi connectivity index (χ3v) is 3.18. The first kappa shape index (κ1) is 15.9. The van der Waals surface area contributed by atoms with Crippen LogP contribution in [0.2, 0.25) is 5.02 Å². The van der Waals surface area contributed by atoms with Gasteiger partial charge >= 0.3 is 5.97 Å². The summed E-state index contributed by atoms with van der Waals surface area (Å²) in [5.74, 6) is -3.35. The predicted molar refractivity (Wildman–Crippen MR) is 77.1 cm³/mol. The molecule has 0 heterocycles. The topological polar surface area (TPSA) is 66.4 Å². The van der Waals surface area contributed by atoms with Crippen molar-refractivity contribution >= 4 is 29.2 Å². The van der Waals surface area contributed by atoms with Gasteiger partial charge in [0.15, 0.2) is 0 Å². The normalized spacial score (nSPS) is 10.3. The summed E-state index contributed by atoms with van der Waals surface area (Å²) in [5.41, 5.74) is 0.0908. The second-order valence-corrected chi connectivity index (χ2v) is 4.87. The van der Waals surface area contributed by atoms with Crippen LogP contribution in [0.3, 0.4) is 0 Å². The number of halogens is 3. The maximum absolute atomic E-state index is 13.5.